The molecule has 0 spiro atoms. The van der Waals surface area contributed by atoms with E-state index in [1.54, 1.807) is 0 Å². The van der Waals surface area contributed by atoms with Crippen molar-refractivity contribution < 1.29 is 14.7 Å². The Morgan fingerprint density at radius 2 is 1.21 bits per heavy atom. The van der Waals surface area contributed by atoms with E-state index in [0.717, 1.165) is 37.9 Å². The topological polar surface area (TPSA) is 200 Å². The van der Waals surface area contributed by atoms with Crippen LogP contribution >= 0.6 is 0 Å². The number of azo groups is 2. The van der Waals surface area contributed by atoms with Gasteiger partial charge in [0.05, 0.1) is 25.2 Å². The number of carbonyl (C=O) groups is 2. The third-order valence-corrected chi connectivity index (χ3v) is 5.82. The number of hydrogen-bond donors (Lipinski definition) is 3. The van der Waals surface area contributed by atoms with Gasteiger partial charge < -0.3 is 20.5 Å². The first-order valence-electron chi connectivity index (χ1n) is 12.6. The Morgan fingerprint density at radius 3 is 1.50 bits per heavy atom. The molecular formula is C25H40N10O3. The fourth-order valence-corrected chi connectivity index (χ4v) is 3.21. The molecule has 13 heteroatoms. The van der Waals surface area contributed by atoms with E-state index in [1.165, 1.54) is 20.8 Å². The number of carboxylic acid groups (broad SMARTS) is 1. The summed E-state index contributed by atoms with van der Waals surface area (Å²) in [6, 6.07) is 3.85. The van der Waals surface area contributed by atoms with Gasteiger partial charge in [-0.1, -0.05) is 0 Å². The van der Waals surface area contributed by atoms with Crippen molar-refractivity contribution in [3.8, 4) is 12.1 Å². The second kappa shape index (κ2) is 13.7. The van der Waals surface area contributed by atoms with Gasteiger partial charge in [0.2, 0.25) is 0 Å². The van der Waals surface area contributed by atoms with Crippen molar-refractivity contribution in [1.29, 1.82) is 10.5 Å². The van der Waals surface area contributed by atoms with Crippen molar-refractivity contribution in [3.63, 3.8) is 0 Å². The predicted octanol–water partition coefficient (Wildman–Crippen LogP) is 3.24. The zero-order chi connectivity index (χ0) is 29.0. The van der Waals surface area contributed by atoms with Crippen LogP contribution in [0.5, 0.6) is 0 Å². The lowest BCUT2D eigenvalue weighted by Crippen LogP contribution is -2.41. The molecule has 2 aliphatic rings. The van der Waals surface area contributed by atoms with Crippen molar-refractivity contribution in [2.24, 2.45) is 30.4 Å². The van der Waals surface area contributed by atoms with Crippen LogP contribution in [-0.2, 0) is 9.59 Å². The van der Waals surface area contributed by atoms with Gasteiger partial charge in [0.1, 0.15) is 28.5 Å². The van der Waals surface area contributed by atoms with E-state index < -0.39 is 28.1 Å². The smallest absolute Gasteiger partial charge is 0.303 e. The number of ketones is 1. The number of aliphatic imine (C=N–C) groups is 2. The highest BCUT2D eigenvalue weighted by Crippen LogP contribution is 2.23. The molecule has 13 nitrogen and oxygen atoms in total. The van der Waals surface area contributed by atoms with E-state index in [4.69, 9.17) is 15.6 Å². The molecule has 2 aliphatic heterocycles. The van der Waals surface area contributed by atoms with Crippen LogP contribution in [0, 0.1) is 22.7 Å². The van der Waals surface area contributed by atoms with Gasteiger partial charge >= 0.3 is 5.97 Å². The second-order valence-electron chi connectivity index (χ2n) is 10.7. The summed E-state index contributed by atoms with van der Waals surface area (Å²) in [6.07, 6.45) is 0.209. The lowest BCUT2D eigenvalue weighted by Gasteiger charge is -2.23. The first-order valence-corrected chi connectivity index (χ1v) is 12.6. The highest BCUT2D eigenvalue weighted by atomic mass is 16.4. The van der Waals surface area contributed by atoms with Crippen LogP contribution < -0.4 is 10.6 Å². The van der Waals surface area contributed by atoms with Crippen LogP contribution in [-0.4, -0.2) is 76.9 Å². The van der Waals surface area contributed by atoms with Gasteiger partial charge in [-0.15, -0.1) is 0 Å². The molecule has 0 aromatic heterocycles. The average Bonchev–Trinajstić information content (AvgIpc) is 3.60. The third kappa shape index (κ3) is 10.7. The van der Waals surface area contributed by atoms with E-state index >= 15 is 0 Å². The highest BCUT2D eigenvalue weighted by Gasteiger charge is 2.31. The quantitative estimate of drug-likeness (QED) is 0.322. The number of rotatable bonds is 12. The molecule has 0 saturated carbocycles. The number of nitriles is 2. The summed E-state index contributed by atoms with van der Waals surface area (Å²) >= 11 is 0. The van der Waals surface area contributed by atoms with Gasteiger partial charge in [0, 0.05) is 25.9 Å². The normalized spacial score (nSPS) is 18.6. The number of nitrogens with zero attached hydrogens (tertiary/aromatic N) is 8. The maximum Gasteiger partial charge on any atom is 0.303 e. The van der Waals surface area contributed by atoms with E-state index in [9.17, 15) is 9.59 Å². The molecule has 2 atom stereocenters. The second-order valence-corrected chi connectivity index (χ2v) is 10.7. The van der Waals surface area contributed by atoms with Crippen LogP contribution in [0.25, 0.3) is 0 Å². The molecule has 2 unspecified atom stereocenters. The molecule has 0 saturated heterocycles. The number of carboxylic acids is 1. The fourth-order valence-electron chi connectivity index (χ4n) is 3.21. The molecule has 0 amide bonds. The molecular weight excluding hydrogens is 488 g/mol. The van der Waals surface area contributed by atoms with Crippen molar-refractivity contribution in [3.05, 3.63) is 0 Å². The predicted molar refractivity (Wildman–Crippen MR) is 143 cm³/mol. The maximum absolute atomic E-state index is 10.9. The molecule has 0 aromatic carbocycles. The Morgan fingerprint density at radius 1 is 0.816 bits per heavy atom. The summed E-state index contributed by atoms with van der Waals surface area (Å²) in [5.41, 5.74) is -3.26. The summed E-state index contributed by atoms with van der Waals surface area (Å²) in [6.45, 7) is 15.9. The Labute approximate surface area is 224 Å². The lowest BCUT2D eigenvalue weighted by atomic mass is 9.97. The van der Waals surface area contributed by atoms with E-state index in [-0.39, 0.29) is 31.5 Å². The van der Waals surface area contributed by atoms with Crippen molar-refractivity contribution in [2.45, 2.75) is 96.3 Å². The molecule has 2 rings (SSSR count). The maximum atomic E-state index is 10.9. The van der Waals surface area contributed by atoms with E-state index in [2.05, 4.69) is 41.1 Å². The average molecular weight is 529 g/mol. The standard InChI is InChI=1S/C13H18N4O3.C12H22N6/c1-10(18)4-6-12(2,8-14)16-17-13(3,9-15)7-5-11(19)20;1-11(2,9-13-5-6-14-9)17-18-12(3,4)10-15-7-8-16-10/h4-7H2,1-3H3,(H,19,20);5-8H2,1-4H3,(H,13,14)(H,15,16). The number of nitrogens with one attached hydrogen (secondary N) is 2. The molecule has 0 aliphatic carbocycles. The SMILES string of the molecule is CC(=O)CCC(C)(C#N)N=NC(C)(C#N)CCC(=O)O.CC(C)(N=NC(C)(C)C1=NCCN1)C1=NCCN1. The van der Waals surface area contributed by atoms with Crippen LogP contribution in [0.3, 0.4) is 0 Å². The molecule has 38 heavy (non-hydrogen) atoms. The van der Waals surface area contributed by atoms with Crippen LogP contribution in [0.2, 0.25) is 0 Å². The van der Waals surface area contributed by atoms with Crippen molar-refractivity contribution in [2.75, 3.05) is 26.2 Å². The molecule has 2 heterocycles. The zero-order valence-electron chi connectivity index (χ0n) is 23.5. The fraction of sp³-hybridized carbons (Fsp3) is 0.760. The summed E-state index contributed by atoms with van der Waals surface area (Å²) in [4.78, 5) is 30.3. The number of aliphatic carboxylic acids is 1. The Hall–Kier alpha value is -3.74. The van der Waals surface area contributed by atoms with Crippen molar-refractivity contribution in [1.82, 2.24) is 10.6 Å². The zero-order valence-corrected chi connectivity index (χ0v) is 23.5. The summed E-state index contributed by atoms with van der Waals surface area (Å²) < 4.78 is 0. The summed E-state index contributed by atoms with van der Waals surface area (Å²) in [5.74, 6) is 0.753. The molecule has 0 radical (unpaired) electrons. The van der Waals surface area contributed by atoms with Gasteiger partial charge in [-0.3, -0.25) is 14.8 Å². The van der Waals surface area contributed by atoms with Gasteiger partial charge in [0.15, 0.2) is 11.1 Å². The van der Waals surface area contributed by atoms with Crippen LogP contribution in [0.1, 0.15) is 74.1 Å². The van der Waals surface area contributed by atoms with E-state index in [1.807, 2.05) is 39.8 Å². The molecule has 3 N–H and O–H groups in total. The van der Waals surface area contributed by atoms with Crippen LogP contribution in [0.4, 0.5) is 0 Å². The largest absolute Gasteiger partial charge is 0.481 e. The summed E-state index contributed by atoms with van der Waals surface area (Å²) in [5, 5.41) is 49.9. The Kier molecular flexibility index (Phi) is 11.6. The number of amidine groups is 2. The van der Waals surface area contributed by atoms with Gasteiger partial charge in [0.25, 0.3) is 0 Å². The molecule has 0 aromatic rings. The monoisotopic (exact) mass is 528 g/mol. The third-order valence-electron chi connectivity index (χ3n) is 5.82. The highest BCUT2D eigenvalue weighted by molar-refractivity contribution is 5.93. The van der Waals surface area contributed by atoms with Gasteiger partial charge in [-0.25, -0.2) is 0 Å². The van der Waals surface area contributed by atoms with Gasteiger partial charge in [-0.05, 0) is 61.3 Å². The lowest BCUT2D eigenvalue weighted by molar-refractivity contribution is -0.137. The molecule has 208 valence electrons. The van der Waals surface area contributed by atoms with Crippen molar-refractivity contribution >= 4 is 23.4 Å². The minimum Gasteiger partial charge on any atom is -0.481 e. The van der Waals surface area contributed by atoms with E-state index in [0.29, 0.717) is 0 Å². The first kappa shape index (κ1) is 32.3. The molecule has 0 fully saturated rings. The van der Waals surface area contributed by atoms with Gasteiger partial charge in [-0.2, -0.15) is 31.0 Å². The summed E-state index contributed by atoms with van der Waals surface area (Å²) in [7, 11) is 0. The Balaban J connectivity index is 0.000000381. The van der Waals surface area contributed by atoms with Crippen LogP contribution in [0.15, 0.2) is 30.4 Å². The number of Topliss-reactive ketones (excluding diaryl/α,β-unsaturated/α-hetero) is 1. The number of hydrogen-bond acceptors (Lipinski definition) is 12. The molecule has 0 bridgehead atoms. The Bertz CT molecular complexity index is 982. The minimum absolute atomic E-state index is 0.0105. The number of carbonyl (C=O) groups excluding carboxylic acids is 1. The first-order chi connectivity index (χ1) is 17.6. The minimum atomic E-state index is -1.28.